The summed E-state index contributed by atoms with van der Waals surface area (Å²) in [7, 11) is 1.32. The van der Waals surface area contributed by atoms with E-state index in [2.05, 4.69) is 81.3 Å². The average Bonchev–Trinajstić information content (AvgIpc) is 3.92. The highest BCUT2D eigenvalue weighted by molar-refractivity contribution is 6.04. The number of aromatic amines is 2. The number of aromatic nitrogens is 4. The Morgan fingerprint density at radius 2 is 1.15 bits per heavy atom. The van der Waals surface area contributed by atoms with Crippen LogP contribution in [-0.4, -0.2) is 117 Å². The molecule has 2 aliphatic carbocycles. The zero-order chi connectivity index (χ0) is 44.3. The van der Waals surface area contributed by atoms with Crippen LogP contribution in [0.5, 0.6) is 0 Å². The van der Waals surface area contributed by atoms with Gasteiger partial charge in [-0.25, -0.2) is 19.6 Å². The summed E-state index contributed by atoms with van der Waals surface area (Å²) < 4.78 is 16.0. The molecule has 65 heavy (non-hydrogen) atoms. The van der Waals surface area contributed by atoms with Gasteiger partial charge in [-0.05, 0) is 96.9 Å². The van der Waals surface area contributed by atoms with Gasteiger partial charge in [0.15, 0.2) is 0 Å². The molecule has 338 valence electrons. The number of methoxy groups -OCH3 is 1. The lowest BCUT2D eigenvalue weighted by atomic mass is 9.90. The summed E-state index contributed by atoms with van der Waals surface area (Å²) in [6.45, 7) is 2.15. The van der Waals surface area contributed by atoms with E-state index in [1.54, 1.807) is 0 Å². The molecule has 3 aromatic carbocycles. The van der Waals surface area contributed by atoms with Crippen LogP contribution in [0.1, 0.15) is 75.1 Å². The Hall–Kier alpha value is -6.26. The number of nitrogens with zero attached hydrogens (tertiary/aromatic N) is 4. The monoisotopic (exact) mass is 882 g/mol. The molecule has 0 spiro atoms. The van der Waals surface area contributed by atoms with Crippen molar-refractivity contribution in [2.24, 2.45) is 23.7 Å². The third kappa shape index (κ3) is 7.79. The van der Waals surface area contributed by atoms with Gasteiger partial charge >= 0.3 is 12.2 Å². The van der Waals surface area contributed by atoms with Crippen LogP contribution in [0, 0.1) is 23.7 Å². The van der Waals surface area contributed by atoms with Gasteiger partial charge in [0.25, 0.3) is 0 Å². The average molecular weight is 883 g/mol. The molecule has 4 amide bonds. The highest BCUT2D eigenvalue weighted by Crippen LogP contribution is 2.55. The molecule has 5 N–H and O–H groups in total. The second-order valence-corrected chi connectivity index (χ2v) is 18.7. The fourth-order valence-corrected chi connectivity index (χ4v) is 11.4. The summed E-state index contributed by atoms with van der Waals surface area (Å²) in [5.74, 6) is 1.87. The van der Waals surface area contributed by atoms with Crippen molar-refractivity contribution < 1.29 is 38.5 Å². The number of H-pyrrole nitrogens is 2. The van der Waals surface area contributed by atoms with Crippen molar-refractivity contribution in [2.75, 3.05) is 33.5 Å². The van der Waals surface area contributed by atoms with Gasteiger partial charge in [0.1, 0.15) is 23.7 Å². The third-order valence-electron chi connectivity index (χ3n) is 15.0. The second-order valence-electron chi connectivity index (χ2n) is 18.7. The van der Waals surface area contributed by atoms with Crippen molar-refractivity contribution in [1.82, 2.24) is 40.4 Å². The van der Waals surface area contributed by atoms with Crippen LogP contribution in [0.4, 0.5) is 9.59 Å². The van der Waals surface area contributed by atoms with Gasteiger partial charge in [0.05, 0.1) is 30.6 Å². The lowest BCUT2D eigenvalue weighted by molar-refractivity contribution is -0.138. The van der Waals surface area contributed by atoms with Crippen molar-refractivity contribution in [3.63, 3.8) is 0 Å². The number of hydrogen-bond donors (Lipinski definition) is 5. The minimum atomic E-state index is -1.19. The zero-order valence-electron chi connectivity index (χ0n) is 36.3. The summed E-state index contributed by atoms with van der Waals surface area (Å²) in [6.07, 6.45) is 8.18. The van der Waals surface area contributed by atoms with Crippen molar-refractivity contribution in [3.8, 4) is 33.6 Å². The van der Waals surface area contributed by atoms with Gasteiger partial charge in [-0.3, -0.25) is 9.59 Å². The van der Waals surface area contributed by atoms with Gasteiger partial charge in [0.2, 0.25) is 11.8 Å². The van der Waals surface area contributed by atoms with Gasteiger partial charge in [-0.1, -0.05) is 60.7 Å². The number of benzene rings is 3. The topological polar surface area (TPSA) is 204 Å². The number of piperidine rings is 2. The van der Waals surface area contributed by atoms with Crippen molar-refractivity contribution in [1.29, 1.82) is 0 Å². The van der Waals surface area contributed by atoms with Crippen LogP contribution in [0.3, 0.4) is 0 Å². The molecule has 2 aromatic heterocycles. The normalized spacial score (nSPS) is 26.0. The summed E-state index contributed by atoms with van der Waals surface area (Å²) >= 11 is 0. The molecular weight excluding hydrogens is 829 g/mol. The fraction of sp³-hybridized carbons (Fsp3) is 0.469. The largest absolute Gasteiger partial charge is 0.465 e. The number of imidazole rings is 2. The first-order valence-corrected chi connectivity index (χ1v) is 23.1. The fourth-order valence-electron chi connectivity index (χ4n) is 11.4. The summed E-state index contributed by atoms with van der Waals surface area (Å²) in [6, 6.07) is 19.2. The Balaban J connectivity index is 0.816. The first-order chi connectivity index (χ1) is 31.7. The molecule has 4 saturated heterocycles. The van der Waals surface area contributed by atoms with Gasteiger partial charge in [0, 0.05) is 62.0 Å². The van der Waals surface area contributed by atoms with Crippen LogP contribution >= 0.6 is 0 Å². The number of amides is 4. The van der Waals surface area contributed by atoms with Crippen LogP contribution in [0.25, 0.3) is 44.4 Å². The molecular formula is C49H54N8O8. The van der Waals surface area contributed by atoms with E-state index in [0.717, 1.165) is 75.9 Å². The van der Waals surface area contributed by atoms with E-state index < -0.39 is 24.3 Å². The van der Waals surface area contributed by atoms with E-state index in [-0.39, 0.29) is 47.8 Å². The van der Waals surface area contributed by atoms with E-state index in [4.69, 9.17) is 24.2 Å². The number of alkyl carbamates (subject to hydrolysis) is 1. The first-order valence-electron chi connectivity index (χ1n) is 23.1. The van der Waals surface area contributed by atoms with Crippen LogP contribution < -0.4 is 10.6 Å². The number of carbonyl (C=O) groups excluding carboxylic acids is 3. The Bertz CT molecular complexity index is 2620. The lowest BCUT2D eigenvalue weighted by Crippen LogP contribution is -2.54. The molecule has 5 aromatic rings. The molecule has 16 nitrogen and oxygen atoms in total. The number of carboxylic acid groups (broad SMARTS) is 1. The van der Waals surface area contributed by atoms with Crippen LogP contribution in [0.15, 0.2) is 73.1 Å². The van der Waals surface area contributed by atoms with E-state index >= 15 is 0 Å². The molecule has 6 fully saturated rings. The number of fused-ring (bicyclic) bond motifs is 3. The summed E-state index contributed by atoms with van der Waals surface area (Å²) in [5.41, 5.74) is 5.62. The highest BCUT2D eigenvalue weighted by Gasteiger charge is 2.58. The van der Waals surface area contributed by atoms with E-state index in [1.165, 1.54) is 7.11 Å². The van der Waals surface area contributed by atoms with Crippen LogP contribution in [0.2, 0.25) is 0 Å². The predicted octanol–water partition coefficient (Wildman–Crippen LogP) is 6.82. The third-order valence-corrected chi connectivity index (χ3v) is 15.0. The lowest BCUT2D eigenvalue weighted by Gasteiger charge is -2.35. The summed E-state index contributed by atoms with van der Waals surface area (Å²) in [5, 5.41) is 17.2. The minimum absolute atomic E-state index is 0.0370. The molecule has 6 aliphatic rings. The van der Waals surface area contributed by atoms with E-state index in [9.17, 15) is 24.3 Å². The Kier molecular flexibility index (Phi) is 10.8. The molecule has 16 heteroatoms. The Morgan fingerprint density at radius 1 is 0.662 bits per heavy atom. The van der Waals surface area contributed by atoms with Crippen molar-refractivity contribution in [2.45, 2.75) is 87.6 Å². The van der Waals surface area contributed by atoms with E-state index in [0.29, 0.717) is 69.8 Å². The maximum Gasteiger partial charge on any atom is 0.407 e. The van der Waals surface area contributed by atoms with E-state index in [1.807, 2.05) is 22.2 Å². The standard InChI is InChI=1S/C49H54N8O8/c1-63-49(62)55-43(29-14-18-65-19-15-29)47(59)57-39-21-31(39)23-41(57)45-51-25-37(53-45)35-7-3-5-33-32(4-2-6-34(33)35)26-8-10-27(11-9-26)36-24-50-44(52-36)40-22-30-20-38(30)56(40)46(58)42(54-48(60)61)28-12-16-64-17-13-28/h2-11,24-25,28-31,38-43,54H,12-23H2,1H3,(H,50,52)(H,51,53)(H,55,62)(H,60,61)/t30-,31+,38-,39-,40+,41+,42+,43+/m1/s1. The molecule has 8 atom stereocenters. The maximum absolute atomic E-state index is 14.4. The maximum atomic E-state index is 14.4. The summed E-state index contributed by atoms with van der Waals surface area (Å²) in [4.78, 5) is 73.6. The molecule has 4 aliphatic heterocycles. The number of rotatable bonds is 11. The first kappa shape index (κ1) is 41.4. The smallest absolute Gasteiger partial charge is 0.407 e. The molecule has 11 rings (SSSR count). The molecule has 0 bridgehead atoms. The zero-order valence-corrected chi connectivity index (χ0v) is 36.3. The number of likely N-dealkylation sites (tertiary alicyclic amines) is 2. The van der Waals surface area contributed by atoms with Gasteiger partial charge in [-0.2, -0.15) is 0 Å². The van der Waals surface area contributed by atoms with Crippen molar-refractivity contribution >= 4 is 34.8 Å². The highest BCUT2D eigenvalue weighted by atomic mass is 16.5. The second kappa shape index (κ2) is 16.9. The van der Waals surface area contributed by atoms with Crippen molar-refractivity contribution in [3.05, 3.63) is 84.7 Å². The Morgan fingerprint density at radius 3 is 1.71 bits per heavy atom. The molecule has 0 unspecified atom stereocenters. The minimum Gasteiger partial charge on any atom is -0.465 e. The molecule has 0 radical (unpaired) electrons. The SMILES string of the molecule is COC(=O)N[C@H](C(=O)N1[C@@H]2C[C@H]2C[C@H]1c1nc(-c2cccc3c(-c4ccc(-c5c[nH]c([C@@H]6C[C@H]7C[C@H]7N6C(=O)[C@@H](NC(=O)O)C6CCOCC6)n5)cc4)cccc23)c[nH]1)C1CCOCC1. The Labute approximate surface area is 375 Å². The molecule has 6 heterocycles. The number of ether oxygens (including phenoxy) is 3. The van der Waals surface area contributed by atoms with Gasteiger partial charge < -0.3 is 49.7 Å². The van der Waals surface area contributed by atoms with Crippen LogP contribution in [-0.2, 0) is 23.8 Å². The predicted molar refractivity (Wildman–Crippen MR) is 238 cm³/mol. The number of nitrogens with one attached hydrogen (secondary N) is 4. The number of carbonyl (C=O) groups is 4. The molecule has 2 saturated carbocycles. The quantitative estimate of drug-likeness (QED) is 0.0936. The van der Waals surface area contributed by atoms with Gasteiger partial charge in [-0.15, -0.1) is 0 Å². The number of hydrogen-bond acceptors (Lipinski definition) is 9.